The van der Waals surface area contributed by atoms with Gasteiger partial charge in [0.15, 0.2) is 0 Å². The number of pyridine rings is 1. The second-order valence-electron chi connectivity index (χ2n) is 4.38. The van der Waals surface area contributed by atoms with E-state index in [1.807, 2.05) is 11.6 Å². The molecule has 0 bridgehead atoms. The van der Waals surface area contributed by atoms with Gasteiger partial charge in [0.2, 0.25) is 0 Å². The van der Waals surface area contributed by atoms with Crippen LogP contribution in [0.1, 0.15) is 11.3 Å². The molecule has 0 aliphatic rings. The fourth-order valence-electron chi connectivity index (χ4n) is 2.10. The zero-order valence-corrected chi connectivity index (χ0v) is 11.0. The molecule has 0 radical (unpaired) electrons. The molecule has 0 aliphatic heterocycles. The van der Waals surface area contributed by atoms with Gasteiger partial charge in [0.25, 0.3) is 0 Å². The lowest BCUT2D eigenvalue weighted by Gasteiger charge is -2.05. The molecule has 2 heterocycles. The number of aryl methyl sites for hydroxylation is 1. The van der Waals surface area contributed by atoms with Gasteiger partial charge in [-0.25, -0.2) is 14.4 Å². The highest BCUT2D eigenvalue weighted by atomic mass is 35.5. The van der Waals surface area contributed by atoms with Crippen molar-refractivity contribution in [1.82, 2.24) is 14.5 Å². The molecule has 19 heavy (non-hydrogen) atoms. The molecular formula is C14H11ClFN3. The van der Waals surface area contributed by atoms with E-state index in [-0.39, 0.29) is 5.82 Å². The molecule has 3 aromatic rings. The smallest absolute Gasteiger partial charge is 0.131 e. The molecule has 0 N–H and O–H groups in total. The lowest BCUT2D eigenvalue weighted by Crippen LogP contribution is -1.97. The Morgan fingerprint density at radius 3 is 2.89 bits per heavy atom. The molecule has 96 valence electrons. The first-order chi connectivity index (χ1) is 9.15. The number of benzene rings is 1. The quantitative estimate of drug-likeness (QED) is 0.672. The summed E-state index contributed by atoms with van der Waals surface area (Å²) in [5.41, 5.74) is 2.93. The summed E-state index contributed by atoms with van der Waals surface area (Å²) in [6, 6.07) is 8.41. The second kappa shape index (κ2) is 4.63. The molecule has 5 heteroatoms. The topological polar surface area (TPSA) is 30.7 Å². The van der Waals surface area contributed by atoms with Crippen LogP contribution in [0.4, 0.5) is 4.39 Å². The van der Waals surface area contributed by atoms with Crippen LogP contribution in [0, 0.1) is 5.82 Å². The Morgan fingerprint density at radius 2 is 2.11 bits per heavy atom. The van der Waals surface area contributed by atoms with E-state index in [0.717, 1.165) is 11.0 Å². The van der Waals surface area contributed by atoms with Gasteiger partial charge in [-0.15, -0.1) is 0 Å². The SMILES string of the molecule is Cn1cnc2c(Cc3ccccc3F)nc(Cl)cc21. The Morgan fingerprint density at radius 1 is 1.32 bits per heavy atom. The van der Waals surface area contributed by atoms with E-state index < -0.39 is 0 Å². The van der Waals surface area contributed by atoms with Crippen LogP contribution < -0.4 is 0 Å². The van der Waals surface area contributed by atoms with Crippen molar-refractivity contribution in [1.29, 1.82) is 0 Å². The Labute approximate surface area is 114 Å². The number of aromatic nitrogens is 3. The predicted molar refractivity (Wildman–Crippen MR) is 72.7 cm³/mol. The van der Waals surface area contributed by atoms with E-state index in [1.165, 1.54) is 6.07 Å². The summed E-state index contributed by atoms with van der Waals surface area (Å²) >= 11 is 6.01. The summed E-state index contributed by atoms with van der Waals surface area (Å²) in [5, 5.41) is 0.391. The third kappa shape index (κ3) is 2.19. The van der Waals surface area contributed by atoms with E-state index in [4.69, 9.17) is 11.6 Å². The van der Waals surface area contributed by atoms with Crippen molar-refractivity contribution in [3.63, 3.8) is 0 Å². The lowest BCUT2D eigenvalue weighted by molar-refractivity contribution is 0.613. The number of imidazole rings is 1. The van der Waals surface area contributed by atoms with Crippen LogP contribution in [0.5, 0.6) is 0 Å². The maximum atomic E-state index is 13.7. The van der Waals surface area contributed by atoms with Gasteiger partial charge in [-0.05, 0) is 11.6 Å². The van der Waals surface area contributed by atoms with Gasteiger partial charge in [-0.3, -0.25) is 0 Å². The Hall–Kier alpha value is -1.94. The van der Waals surface area contributed by atoms with Crippen LogP contribution in [-0.2, 0) is 13.5 Å². The van der Waals surface area contributed by atoms with E-state index in [2.05, 4.69) is 9.97 Å². The first-order valence-corrected chi connectivity index (χ1v) is 6.23. The molecule has 1 aromatic carbocycles. The van der Waals surface area contributed by atoms with Gasteiger partial charge >= 0.3 is 0 Å². The minimum atomic E-state index is -0.242. The minimum Gasteiger partial charge on any atom is -0.334 e. The maximum absolute atomic E-state index is 13.7. The number of fused-ring (bicyclic) bond motifs is 1. The zero-order chi connectivity index (χ0) is 13.4. The van der Waals surface area contributed by atoms with Crippen molar-refractivity contribution in [3.8, 4) is 0 Å². The van der Waals surface area contributed by atoms with E-state index in [0.29, 0.717) is 22.8 Å². The maximum Gasteiger partial charge on any atom is 0.131 e. The van der Waals surface area contributed by atoms with Crippen LogP contribution in [-0.4, -0.2) is 14.5 Å². The lowest BCUT2D eigenvalue weighted by atomic mass is 10.1. The Balaban J connectivity index is 2.13. The summed E-state index contributed by atoms with van der Waals surface area (Å²) in [6.07, 6.45) is 2.08. The molecule has 2 aromatic heterocycles. The van der Waals surface area contributed by atoms with Crippen molar-refractivity contribution >= 4 is 22.6 Å². The summed E-state index contributed by atoms with van der Waals surface area (Å²) in [4.78, 5) is 8.58. The van der Waals surface area contributed by atoms with Crippen LogP contribution in [0.15, 0.2) is 36.7 Å². The molecule has 0 fully saturated rings. The molecule has 0 spiro atoms. The van der Waals surface area contributed by atoms with E-state index in [9.17, 15) is 4.39 Å². The molecular weight excluding hydrogens is 265 g/mol. The van der Waals surface area contributed by atoms with E-state index >= 15 is 0 Å². The molecule has 0 saturated carbocycles. The number of hydrogen-bond donors (Lipinski definition) is 0. The highest BCUT2D eigenvalue weighted by Crippen LogP contribution is 2.22. The van der Waals surface area contributed by atoms with Gasteiger partial charge in [-0.2, -0.15) is 0 Å². The van der Waals surface area contributed by atoms with Crippen molar-refractivity contribution in [3.05, 3.63) is 58.9 Å². The van der Waals surface area contributed by atoms with Gasteiger partial charge in [0.05, 0.1) is 17.5 Å². The number of halogens is 2. The van der Waals surface area contributed by atoms with Crippen LogP contribution >= 0.6 is 11.6 Å². The fraction of sp³-hybridized carbons (Fsp3) is 0.143. The molecule has 3 rings (SSSR count). The predicted octanol–water partition coefficient (Wildman–Crippen LogP) is 3.35. The molecule has 0 saturated heterocycles. The minimum absolute atomic E-state index is 0.242. The summed E-state index contributed by atoms with van der Waals surface area (Å²) in [5.74, 6) is -0.242. The highest BCUT2D eigenvalue weighted by Gasteiger charge is 2.12. The van der Waals surface area contributed by atoms with E-state index in [1.54, 1.807) is 30.6 Å². The standard InChI is InChI=1S/C14H11ClFN3/c1-19-8-17-14-11(18-13(15)7-12(14)19)6-9-4-2-3-5-10(9)16/h2-5,7-8H,6H2,1H3. The van der Waals surface area contributed by atoms with Gasteiger partial charge < -0.3 is 4.57 Å². The normalized spacial score (nSPS) is 11.1. The number of hydrogen-bond acceptors (Lipinski definition) is 2. The third-order valence-electron chi connectivity index (χ3n) is 3.07. The number of rotatable bonds is 2. The van der Waals surface area contributed by atoms with Crippen molar-refractivity contribution in [2.75, 3.05) is 0 Å². The van der Waals surface area contributed by atoms with Crippen LogP contribution in [0.3, 0.4) is 0 Å². The zero-order valence-electron chi connectivity index (χ0n) is 10.3. The Bertz CT molecular complexity index is 752. The van der Waals surface area contributed by atoms with Crippen molar-refractivity contribution in [2.24, 2.45) is 7.05 Å². The van der Waals surface area contributed by atoms with Crippen molar-refractivity contribution < 1.29 is 4.39 Å². The summed E-state index contributed by atoms with van der Waals surface area (Å²) in [7, 11) is 1.89. The number of nitrogens with zero attached hydrogens (tertiary/aromatic N) is 3. The second-order valence-corrected chi connectivity index (χ2v) is 4.77. The average Bonchev–Trinajstić information content (AvgIpc) is 2.74. The molecule has 0 aliphatic carbocycles. The first-order valence-electron chi connectivity index (χ1n) is 5.85. The monoisotopic (exact) mass is 275 g/mol. The Kier molecular flexibility index (Phi) is 2.95. The van der Waals surface area contributed by atoms with Gasteiger partial charge in [0, 0.05) is 19.5 Å². The molecule has 0 amide bonds. The van der Waals surface area contributed by atoms with Crippen LogP contribution in [0.2, 0.25) is 5.15 Å². The fourth-order valence-corrected chi connectivity index (χ4v) is 2.31. The van der Waals surface area contributed by atoms with Crippen molar-refractivity contribution in [2.45, 2.75) is 6.42 Å². The summed E-state index contributed by atoms with van der Waals surface area (Å²) in [6.45, 7) is 0. The molecule has 3 nitrogen and oxygen atoms in total. The first kappa shape index (κ1) is 12.1. The highest BCUT2D eigenvalue weighted by molar-refractivity contribution is 6.30. The van der Waals surface area contributed by atoms with Crippen LogP contribution in [0.25, 0.3) is 11.0 Å². The summed E-state index contributed by atoms with van der Waals surface area (Å²) < 4.78 is 15.6. The van der Waals surface area contributed by atoms with Gasteiger partial charge in [-0.1, -0.05) is 29.8 Å². The molecule has 0 atom stereocenters. The van der Waals surface area contributed by atoms with Gasteiger partial charge in [0.1, 0.15) is 16.5 Å². The average molecular weight is 276 g/mol. The molecule has 0 unspecified atom stereocenters. The third-order valence-corrected chi connectivity index (χ3v) is 3.26. The largest absolute Gasteiger partial charge is 0.334 e.